The number of rotatable bonds is 12. The molecule has 2 amide bonds. The molecule has 1 unspecified atom stereocenters. The molecule has 18 nitrogen and oxygen atoms in total. The molecule has 1 aliphatic rings. The molecule has 0 fully saturated rings. The Morgan fingerprint density at radius 2 is 1.53 bits per heavy atom. The molecule has 242 valence electrons. The van der Waals surface area contributed by atoms with Crippen molar-refractivity contribution >= 4 is 70.9 Å². The number of hydrogen-bond acceptors (Lipinski definition) is 15. The minimum Gasteiger partial charge on any atom is -0.744 e. The van der Waals surface area contributed by atoms with Crippen LogP contribution in [0.5, 0.6) is 0 Å². The maximum atomic E-state index is 12.9. The van der Waals surface area contributed by atoms with Crippen LogP contribution in [-0.4, -0.2) is 76.3 Å². The zero-order valence-electron chi connectivity index (χ0n) is 25.8. The Kier molecular flexibility index (Phi) is 17.0. The number of benzene rings is 3. The van der Waals surface area contributed by atoms with Gasteiger partial charge in [-0.2, -0.15) is 28.8 Å². The third kappa shape index (κ3) is 12.4. The number of aliphatic carboxylic acids is 1. The zero-order valence-corrected chi connectivity index (χ0v) is 34.2. The maximum Gasteiger partial charge on any atom is 1.00 e. The van der Waals surface area contributed by atoms with Gasteiger partial charge in [-0.25, -0.2) is 21.0 Å². The summed E-state index contributed by atoms with van der Waals surface area (Å²) in [6.07, 6.45) is 0. The second-order valence-electron chi connectivity index (χ2n) is 9.09. The molecule has 3 aromatic carbocycles. The minimum absolute atomic E-state index is 0. The predicted octanol–water partition coefficient (Wildman–Crippen LogP) is -8.95. The number of amides is 2. The fraction of sp³-hybridized carbons (Fsp3) is 0.120. The molecule has 0 saturated carbocycles. The molecule has 49 heavy (non-hydrogen) atoms. The number of nitrogens with one attached hydrogen (secondary N) is 1. The van der Waals surface area contributed by atoms with Gasteiger partial charge in [0.2, 0.25) is 0 Å². The Morgan fingerprint density at radius 3 is 2.08 bits per heavy atom. The van der Waals surface area contributed by atoms with Crippen LogP contribution in [0.3, 0.4) is 0 Å². The van der Waals surface area contributed by atoms with E-state index in [1.165, 1.54) is 42.5 Å². The first-order valence-electron chi connectivity index (χ1n) is 12.4. The Balaban J connectivity index is 0.00000400. The average molecular weight is 763 g/mol. The van der Waals surface area contributed by atoms with Crippen LogP contribution in [0.2, 0.25) is 0 Å². The van der Waals surface area contributed by atoms with Gasteiger partial charge >= 0.3 is 99.1 Å². The van der Waals surface area contributed by atoms with Crippen LogP contribution in [0, 0.1) is 0 Å². The Hall–Kier alpha value is -1.93. The fourth-order valence-corrected chi connectivity index (χ4v) is 5.78. The second-order valence-corrected chi connectivity index (χ2v) is 13.7. The molecule has 4 rings (SSSR count). The van der Waals surface area contributed by atoms with E-state index < -0.39 is 77.1 Å². The zero-order chi connectivity index (χ0) is 33.9. The van der Waals surface area contributed by atoms with Crippen molar-refractivity contribution in [3.05, 3.63) is 78.4 Å². The Labute approximate surface area is 345 Å². The minimum atomic E-state index is -4.83. The number of hydrazone groups is 1. The number of nitrogens with zero attached hydrogens (tertiary/aromatic N) is 4. The van der Waals surface area contributed by atoms with E-state index in [0.717, 1.165) is 30.3 Å². The van der Waals surface area contributed by atoms with Crippen molar-refractivity contribution in [3.8, 4) is 0 Å². The van der Waals surface area contributed by atoms with Gasteiger partial charge in [0.15, 0.2) is 15.9 Å². The molecule has 1 aliphatic heterocycles. The number of anilines is 2. The van der Waals surface area contributed by atoms with Crippen LogP contribution in [-0.2, 0) is 44.1 Å². The third-order valence-corrected chi connectivity index (χ3v) is 8.93. The summed E-state index contributed by atoms with van der Waals surface area (Å²) in [5.41, 5.74) is -0.602. The van der Waals surface area contributed by atoms with Crippen LogP contribution >= 0.6 is 0 Å². The van der Waals surface area contributed by atoms with Gasteiger partial charge in [-0.15, -0.1) is 0 Å². The third-order valence-electron chi connectivity index (χ3n) is 5.94. The molecule has 0 aliphatic carbocycles. The molecule has 0 spiro atoms. The van der Waals surface area contributed by atoms with E-state index in [1.807, 2.05) is 0 Å². The molecular formula is C25H19N5Na3O13S3+. The normalized spacial score (nSPS) is 14.7. The van der Waals surface area contributed by atoms with Gasteiger partial charge in [0.25, 0.3) is 11.8 Å². The van der Waals surface area contributed by atoms with Crippen LogP contribution in [0.25, 0.3) is 0 Å². The van der Waals surface area contributed by atoms with Crippen molar-refractivity contribution in [1.82, 2.24) is 0 Å². The summed E-state index contributed by atoms with van der Waals surface area (Å²) >= 11 is 0. The van der Waals surface area contributed by atoms with Gasteiger partial charge in [-0.1, -0.05) is 6.07 Å². The summed E-state index contributed by atoms with van der Waals surface area (Å²) in [6, 6.07) is 12.5. The van der Waals surface area contributed by atoms with E-state index in [0.29, 0.717) is 5.01 Å². The summed E-state index contributed by atoms with van der Waals surface area (Å²) in [5, 5.41) is 26.0. The number of hydrogen-bond donors (Lipinski definition) is 2. The SMILES string of the molecule is O=C([O-])C1=NN(c2ccc(S(=O)(=O)[O-])cc2)C(=O)C1N=Nc1ccc(C(=O)Nc2cccc(S(=O)(=O)CCOS(=O)(=O)O)c2)cc1.[Na+].[Na+].[Na+]. The van der Waals surface area contributed by atoms with Crippen molar-refractivity contribution in [3.63, 3.8) is 0 Å². The van der Waals surface area contributed by atoms with E-state index >= 15 is 0 Å². The Morgan fingerprint density at radius 1 is 0.918 bits per heavy atom. The maximum absolute atomic E-state index is 12.9. The first-order chi connectivity index (χ1) is 21.4. The van der Waals surface area contributed by atoms with Crippen molar-refractivity contribution in [2.75, 3.05) is 22.7 Å². The van der Waals surface area contributed by atoms with Gasteiger partial charge in [0.05, 0.1) is 39.5 Å². The number of carbonyl (C=O) groups excluding carboxylic acids is 3. The van der Waals surface area contributed by atoms with Gasteiger partial charge in [-0.3, -0.25) is 14.1 Å². The second kappa shape index (κ2) is 18.5. The molecule has 1 heterocycles. The van der Waals surface area contributed by atoms with Crippen molar-refractivity contribution in [1.29, 1.82) is 0 Å². The van der Waals surface area contributed by atoms with Gasteiger partial charge < -0.3 is 19.8 Å². The molecular weight excluding hydrogens is 743 g/mol. The summed E-state index contributed by atoms with van der Waals surface area (Å²) < 4.78 is 92.2. The summed E-state index contributed by atoms with van der Waals surface area (Å²) in [4.78, 5) is 36.4. The van der Waals surface area contributed by atoms with Gasteiger partial charge in [0, 0.05) is 11.3 Å². The molecule has 0 aromatic heterocycles. The fourth-order valence-electron chi connectivity index (χ4n) is 3.78. The van der Waals surface area contributed by atoms with Crippen molar-refractivity contribution < 1.29 is 147 Å². The van der Waals surface area contributed by atoms with Crippen molar-refractivity contribution in [2.45, 2.75) is 15.8 Å². The van der Waals surface area contributed by atoms with Crippen LogP contribution in [0.1, 0.15) is 10.4 Å². The monoisotopic (exact) mass is 762 g/mol. The largest absolute Gasteiger partial charge is 1.00 e. The van der Waals surface area contributed by atoms with E-state index in [-0.39, 0.29) is 116 Å². The quantitative estimate of drug-likeness (QED) is 0.0987. The number of carboxylic acids is 1. The topological polar surface area (TPSA) is 282 Å². The van der Waals surface area contributed by atoms with Crippen molar-refractivity contribution in [2.24, 2.45) is 15.3 Å². The number of carboxylic acid groups (broad SMARTS) is 1. The Bertz CT molecular complexity index is 2100. The van der Waals surface area contributed by atoms with Crippen LogP contribution in [0.4, 0.5) is 17.1 Å². The summed E-state index contributed by atoms with van der Waals surface area (Å²) in [7, 11) is -13.6. The summed E-state index contributed by atoms with van der Waals surface area (Å²) in [5.74, 6) is -4.24. The molecule has 2 N–H and O–H groups in total. The van der Waals surface area contributed by atoms with Gasteiger partial charge in [-0.05, 0) is 66.7 Å². The van der Waals surface area contributed by atoms with E-state index in [2.05, 4.69) is 24.8 Å². The molecule has 1 atom stereocenters. The smallest absolute Gasteiger partial charge is 0.744 e. The number of sulfone groups is 1. The molecule has 24 heteroatoms. The molecule has 3 aromatic rings. The van der Waals surface area contributed by atoms with E-state index in [1.54, 1.807) is 0 Å². The van der Waals surface area contributed by atoms with Crippen LogP contribution < -0.4 is 104 Å². The molecule has 0 bridgehead atoms. The van der Waals surface area contributed by atoms with Gasteiger partial charge in [0.1, 0.15) is 15.8 Å². The van der Waals surface area contributed by atoms with Crippen LogP contribution in [0.15, 0.2) is 97.9 Å². The molecule has 0 saturated heterocycles. The average Bonchev–Trinajstić information content (AvgIpc) is 3.31. The molecule has 0 radical (unpaired) electrons. The number of carbonyl (C=O) groups is 3. The summed E-state index contributed by atoms with van der Waals surface area (Å²) in [6.45, 7) is -0.832. The first-order valence-corrected chi connectivity index (χ1v) is 16.8. The standard InChI is InChI=1S/C25H21N5O13S3.3Na/c31-23(26-17-2-1-3-20(14-17)44(35,36)13-12-43-46(40,41)42)15-4-6-16(7-5-15)27-28-21-22(25(33)34)29-30(24(21)32)18-8-10-19(11-9-18)45(37,38)39;;;/h1-11,14,21H,12-13H2,(H,26,31)(H,33,34)(H,37,38,39)(H,40,41,42);;;/q;3*+1/p-2. The van der Waals surface area contributed by atoms with E-state index in [9.17, 15) is 49.3 Å². The number of azo groups is 1. The van der Waals surface area contributed by atoms with E-state index in [4.69, 9.17) is 4.55 Å². The first kappa shape index (κ1) is 45.1. The predicted molar refractivity (Wildman–Crippen MR) is 153 cm³/mol.